The van der Waals surface area contributed by atoms with Gasteiger partial charge in [-0.3, -0.25) is 9.69 Å². The zero-order valence-corrected chi connectivity index (χ0v) is 13.6. The van der Waals surface area contributed by atoms with Crippen LogP contribution in [0.5, 0.6) is 0 Å². The highest BCUT2D eigenvalue weighted by molar-refractivity contribution is 5.91. The van der Waals surface area contributed by atoms with Crippen molar-refractivity contribution in [2.75, 3.05) is 13.1 Å². The van der Waals surface area contributed by atoms with Crippen molar-refractivity contribution in [2.24, 2.45) is 0 Å². The number of carbonyl (C=O) groups is 1. The molecule has 4 heterocycles. The van der Waals surface area contributed by atoms with Crippen molar-refractivity contribution in [3.8, 4) is 0 Å². The number of fused-ring (bicyclic) bond motifs is 2. The van der Waals surface area contributed by atoms with E-state index in [1.165, 1.54) is 19.3 Å². The van der Waals surface area contributed by atoms with Crippen LogP contribution in [0.25, 0.3) is 5.78 Å². The molecule has 2 aromatic rings. The van der Waals surface area contributed by atoms with Crippen LogP contribution < -0.4 is 5.32 Å². The standard InChI is InChI=1S/C16H22N6O/c1-10-9-11(2)22-16(17-10)19-14(20-22)15(23)18-12-6-8-21-7-4-3-5-13(12)21/h9,12-13H,3-8H2,1-2H3,(H,18,23)/t12-,13-/m1/s1. The molecule has 0 radical (unpaired) electrons. The predicted octanol–water partition coefficient (Wildman–Crippen LogP) is 1.10. The van der Waals surface area contributed by atoms with E-state index in [9.17, 15) is 4.79 Å². The minimum atomic E-state index is -0.190. The molecule has 0 spiro atoms. The molecule has 0 aromatic carbocycles. The van der Waals surface area contributed by atoms with Crippen LogP contribution in [0, 0.1) is 13.8 Å². The van der Waals surface area contributed by atoms with E-state index in [2.05, 4.69) is 25.3 Å². The average molecular weight is 314 g/mol. The summed E-state index contributed by atoms with van der Waals surface area (Å²) in [4.78, 5) is 23.7. The maximum absolute atomic E-state index is 12.5. The van der Waals surface area contributed by atoms with Gasteiger partial charge in [0.05, 0.1) is 0 Å². The second-order valence-electron chi connectivity index (χ2n) is 6.65. The molecule has 0 bridgehead atoms. The summed E-state index contributed by atoms with van der Waals surface area (Å²) in [6.45, 7) is 6.09. The number of amides is 1. The molecule has 7 nitrogen and oxygen atoms in total. The lowest BCUT2D eigenvalue weighted by Gasteiger charge is -2.32. The lowest BCUT2D eigenvalue weighted by Crippen LogP contribution is -2.47. The topological polar surface area (TPSA) is 75.4 Å². The van der Waals surface area contributed by atoms with E-state index >= 15 is 0 Å². The van der Waals surface area contributed by atoms with Crippen LogP contribution in [-0.4, -0.2) is 55.6 Å². The summed E-state index contributed by atoms with van der Waals surface area (Å²) in [6.07, 6.45) is 4.71. The number of carbonyl (C=O) groups excluding carboxylic acids is 1. The van der Waals surface area contributed by atoms with E-state index in [1.54, 1.807) is 4.52 Å². The van der Waals surface area contributed by atoms with Crippen LogP contribution in [0.1, 0.15) is 47.7 Å². The number of hydrogen-bond donors (Lipinski definition) is 1. The Hall–Kier alpha value is -2.02. The quantitative estimate of drug-likeness (QED) is 0.898. The first-order valence-electron chi connectivity index (χ1n) is 8.38. The summed E-state index contributed by atoms with van der Waals surface area (Å²) in [7, 11) is 0. The maximum Gasteiger partial charge on any atom is 0.291 e. The predicted molar refractivity (Wildman–Crippen MR) is 85.3 cm³/mol. The van der Waals surface area contributed by atoms with Crippen molar-refractivity contribution in [3.63, 3.8) is 0 Å². The molecule has 1 N–H and O–H groups in total. The number of aromatic nitrogens is 4. The molecule has 0 saturated carbocycles. The first-order valence-corrected chi connectivity index (χ1v) is 8.38. The molecular formula is C16H22N6O. The monoisotopic (exact) mass is 314 g/mol. The van der Waals surface area contributed by atoms with Crippen molar-refractivity contribution >= 4 is 11.7 Å². The number of nitrogens with zero attached hydrogens (tertiary/aromatic N) is 5. The van der Waals surface area contributed by atoms with Crippen LogP contribution in [0.3, 0.4) is 0 Å². The fraction of sp³-hybridized carbons (Fsp3) is 0.625. The van der Waals surface area contributed by atoms with E-state index < -0.39 is 0 Å². The van der Waals surface area contributed by atoms with Gasteiger partial charge >= 0.3 is 0 Å². The summed E-state index contributed by atoms with van der Waals surface area (Å²) >= 11 is 0. The first kappa shape index (κ1) is 14.6. The van der Waals surface area contributed by atoms with E-state index in [4.69, 9.17) is 0 Å². The molecule has 0 unspecified atom stereocenters. The Morgan fingerprint density at radius 1 is 1.22 bits per heavy atom. The second-order valence-corrected chi connectivity index (χ2v) is 6.65. The SMILES string of the molecule is Cc1cc(C)n2nc(C(=O)N[C@@H]3CCN4CCCC[C@H]34)nc2n1. The van der Waals surface area contributed by atoms with Gasteiger partial charge in [0, 0.05) is 30.0 Å². The third-order valence-electron chi connectivity index (χ3n) is 4.99. The highest BCUT2D eigenvalue weighted by atomic mass is 16.2. The molecule has 23 heavy (non-hydrogen) atoms. The highest BCUT2D eigenvalue weighted by Gasteiger charge is 2.36. The Balaban J connectivity index is 1.54. The van der Waals surface area contributed by atoms with E-state index in [0.717, 1.165) is 30.9 Å². The van der Waals surface area contributed by atoms with Crippen molar-refractivity contribution < 1.29 is 4.79 Å². The van der Waals surface area contributed by atoms with Crippen molar-refractivity contribution in [2.45, 2.75) is 51.6 Å². The van der Waals surface area contributed by atoms with Gasteiger partial charge in [0.15, 0.2) is 0 Å². The van der Waals surface area contributed by atoms with Gasteiger partial charge in [-0.1, -0.05) is 6.42 Å². The zero-order valence-electron chi connectivity index (χ0n) is 13.6. The molecule has 1 amide bonds. The van der Waals surface area contributed by atoms with Gasteiger partial charge in [0.2, 0.25) is 5.82 Å². The van der Waals surface area contributed by atoms with Gasteiger partial charge in [0.25, 0.3) is 11.7 Å². The lowest BCUT2D eigenvalue weighted by atomic mass is 9.99. The zero-order chi connectivity index (χ0) is 16.0. The highest BCUT2D eigenvalue weighted by Crippen LogP contribution is 2.27. The van der Waals surface area contributed by atoms with Gasteiger partial charge in [-0.05, 0) is 45.7 Å². The molecule has 2 aromatic heterocycles. The van der Waals surface area contributed by atoms with Crippen LogP contribution in [0.15, 0.2) is 6.07 Å². The smallest absolute Gasteiger partial charge is 0.291 e. The fourth-order valence-electron chi connectivity index (χ4n) is 3.91. The third kappa shape index (κ3) is 2.59. The van der Waals surface area contributed by atoms with Crippen LogP contribution in [0.2, 0.25) is 0 Å². The van der Waals surface area contributed by atoms with Crippen LogP contribution in [0.4, 0.5) is 0 Å². The Labute approximate surface area is 135 Å². The number of aryl methyl sites for hydroxylation is 2. The van der Waals surface area contributed by atoms with E-state index in [0.29, 0.717) is 11.8 Å². The Morgan fingerprint density at radius 3 is 2.96 bits per heavy atom. The summed E-state index contributed by atoms with van der Waals surface area (Å²) in [5, 5.41) is 7.46. The average Bonchev–Trinajstić information content (AvgIpc) is 3.12. The van der Waals surface area contributed by atoms with Crippen LogP contribution >= 0.6 is 0 Å². The van der Waals surface area contributed by atoms with Gasteiger partial charge in [-0.25, -0.2) is 9.50 Å². The second kappa shape index (κ2) is 5.56. The molecule has 7 heteroatoms. The Morgan fingerprint density at radius 2 is 2.09 bits per heavy atom. The fourth-order valence-corrected chi connectivity index (χ4v) is 3.91. The van der Waals surface area contributed by atoms with Crippen molar-refractivity contribution in [1.29, 1.82) is 0 Å². The Kier molecular flexibility index (Phi) is 3.52. The molecule has 4 rings (SSSR count). The van der Waals surface area contributed by atoms with Gasteiger partial charge < -0.3 is 5.32 Å². The molecule has 122 valence electrons. The van der Waals surface area contributed by atoms with E-state index in [1.807, 2.05) is 19.9 Å². The lowest BCUT2D eigenvalue weighted by molar-refractivity contribution is 0.0905. The Bertz CT molecular complexity index is 754. The molecule has 2 saturated heterocycles. The number of rotatable bonds is 2. The molecule has 2 aliphatic heterocycles. The number of piperidine rings is 1. The number of hydrogen-bond acceptors (Lipinski definition) is 5. The third-order valence-corrected chi connectivity index (χ3v) is 4.99. The van der Waals surface area contributed by atoms with Crippen molar-refractivity contribution in [1.82, 2.24) is 29.8 Å². The normalized spacial score (nSPS) is 24.8. The van der Waals surface area contributed by atoms with Gasteiger partial charge in [-0.15, -0.1) is 5.10 Å². The van der Waals surface area contributed by atoms with Crippen LogP contribution in [-0.2, 0) is 0 Å². The summed E-state index contributed by atoms with van der Waals surface area (Å²) in [5.74, 6) is 0.504. The summed E-state index contributed by atoms with van der Waals surface area (Å²) < 4.78 is 1.63. The molecular weight excluding hydrogens is 292 g/mol. The summed E-state index contributed by atoms with van der Waals surface area (Å²) in [6, 6.07) is 2.62. The molecule has 2 atom stereocenters. The minimum Gasteiger partial charge on any atom is -0.345 e. The number of nitrogens with one attached hydrogen (secondary N) is 1. The largest absolute Gasteiger partial charge is 0.345 e. The minimum absolute atomic E-state index is 0.190. The van der Waals surface area contributed by atoms with E-state index in [-0.39, 0.29) is 17.8 Å². The first-order chi connectivity index (χ1) is 11.1. The summed E-state index contributed by atoms with van der Waals surface area (Å²) in [5.41, 5.74) is 1.81. The molecule has 0 aliphatic carbocycles. The molecule has 2 aliphatic rings. The maximum atomic E-state index is 12.5. The molecule has 2 fully saturated rings. The van der Waals surface area contributed by atoms with Crippen molar-refractivity contribution in [3.05, 3.63) is 23.3 Å². The van der Waals surface area contributed by atoms with Gasteiger partial charge in [0.1, 0.15) is 0 Å². The van der Waals surface area contributed by atoms with Gasteiger partial charge in [-0.2, -0.15) is 4.98 Å².